The van der Waals surface area contributed by atoms with Gasteiger partial charge in [0.25, 0.3) is 0 Å². The van der Waals surface area contributed by atoms with Gasteiger partial charge in [-0.15, -0.1) is 11.3 Å². The molecule has 5 nitrogen and oxygen atoms in total. The van der Waals surface area contributed by atoms with Gasteiger partial charge in [0.2, 0.25) is 0 Å². The molecule has 1 saturated heterocycles. The van der Waals surface area contributed by atoms with Crippen molar-refractivity contribution in [3.05, 3.63) is 46.1 Å². The van der Waals surface area contributed by atoms with Crippen LogP contribution in [0.3, 0.4) is 0 Å². The van der Waals surface area contributed by atoms with Gasteiger partial charge in [-0.1, -0.05) is 0 Å². The lowest BCUT2D eigenvalue weighted by Gasteiger charge is -2.24. The van der Waals surface area contributed by atoms with Crippen molar-refractivity contribution >= 4 is 30.5 Å². The average molecular weight is 384 g/mol. The Morgan fingerprint density at radius 3 is 2.81 bits per heavy atom. The van der Waals surface area contributed by atoms with E-state index in [0.717, 1.165) is 27.9 Å². The molecule has 1 unspecified atom stereocenters. The quantitative estimate of drug-likeness (QED) is 0.647. The van der Waals surface area contributed by atoms with Crippen LogP contribution in [0.4, 0.5) is 0 Å². The van der Waals surface area contributed by atoms with Crippen LogP contribution in [0, 0.1) is 20.8 Å². The van der Waals surface area contributed by atoms with E-state index in [1.165, 1.54) is 35.2 Å². The van der Waals surface area contributed by atoms with Crippen LogP contribution in [0.25, 0.3) is 10.3 Å². The lowest BCUT2D eigenvalue weighted by atomic mass is 10.2. The van der Waals surface area contributed by atoms with E-state index in [1.54, 1.807) is 11.3 Å². The number of aryl methyl sites for hydroxylation is 3. The first-order valence-corrected chi connectivity index (χ1v) is 12.5. The number of pyridine rings is 1. The highest BCUT2D eigenvalue weighted by molar-refractivity contribution is 7.18. The second-order valence-corrected chi connectivity index (χ2v) is 11.7. The predicted molar refractivity (Wildman–Crippen MR) is 109 cm³/mol. The molecular weight excluding hydrogens is 358 g/mol. The summed E-state index contributed by atoms with van der Waals surface area (Å²) in [7, 11) is -0.837. The van der Waals surface area contributed by atoms with E-state index >= 15 is 0 Å². The SMILES string of the molecule is Cc1cc(C[Si@@H]2CCN(C(C)c3ccc4sc(C)nc4n3)C2)nc(C)n1. The molecule has 7 heteroatoms. The van der Waals surface area contributed by atoms with Gasteiger partial charge in [0.1, 0.15) is 5.82 Å². The molecule has 0 aliphatic carbocycles. The molecule has 0 bridgehead atoms. The first kappa shape index (κ1) is 17.7. The highest BCUT2D eigenvalue weighted by atomic mass is 32.1. The highest BCUT2D eigenvalue weighted by Gasteiger charge is 2.29. The van der Waals surface area contributed by atoms with Crippen molar-refractivity contribution < 1.29 is 0 Å². The van der Waals surface area contributed by atoms with E-state index < -0.39 is 8.80 Å². The minimum atomic E-state index is -0.837. The molecule has 4 rings (SSSR count). The fraction of sp³-hybridized carbons (Fsp3) is 0.474. The molecule has 0 amide bonds. The number of thiazole rings is 1. The van der Waals surface area contributed by atoms with Crippen LogP contribution in [0.15, 0.2) is 18.2 Å². The van der Waals surface area contributed by atoms with Gasteiger partial charge >= 0.3 is 0 Å². The van der Waals surface area contributed by atoms with Crippen molar-refractivity contribution in [2.75, 3.05) is 12.7 Å². The van der Waals surface area contributed by atoms with Crippen LogP contribution in [0.5, 0.6) is 0 Å². The molecule has 0 radical (unpaired) electrons. The summed E-state index contributed by atoms with van der Waals surface area (Å²) in [6, 6.07) is 9.39. The van der Waals surface area contributed by atoms with Crippen molar-refractivity contribution in [3.63, 3.8) is 0 Å². The summed E-state index contributed by atoms with van der Waals surface area (Å²) in [6.45, 7) is 9.55. The van der Waals surface area contributed by atoms with Crippen LogP contribution in [-0.4, -0.2) is 46.3 Å². The fourth-order valence-electron chi connectivity index (χ4n) is 3.94. The highest BCUT2D eigenvalue weighted by Crippen LogP contribution is 2.27. The van der Waals surface area contributed by atoms with E-state index in [2.05, 4.69) is 51.9 Å². The Hall–Kier alpha value is -1.70. The topological polar surface area (TPSA) is 54.8 Å². The lowest BCUT2D eigenvalue weighted by Crippen LogP contribution is -2.29. The molecule has 2 atom stereocenters. The molecule has 26 heavy (non-hydrogen) atoms. The first-order chi connectivity index (χ1) is 12.5. The molecule has 3 aromatic rings. The van der Waals surface area contributed by atoms with Crippen LogP contribution in [0.1, 0.15) is 40.9 Å². The van der Waals surface area contributed by atoms with Crippen LogP contribution < -0.4 is 0 Å². The fourth-order valence-corrected chi connectivity index (χ4v) is 7.88. The normalized spacial score (nSPS) is 19.3. The maximum absolute atomic E-state index is 4.83. The Labute approximate surface area is 160 Å². The number of fused-ring (bicyclic) bond motifs is 1. The van der Waals surface area contributed by atoms with Crippen LogP contribution in [0.2, 0.25) is 6.04 Å². The van der Waals surface area contributed by atoms with E-state index in [-0.39, 0.29) is 0 Å². The summed E-state index contributed by atoms with van der Waals surface area (Å²) >= 11 is 1.72. The van der Waals surface area contributed by atoms with Crippen molar-refractivity contribution in [1.82, 2.24) is 24.8 Å². The summed E-state index contributed by atoms with van der Waals surface area (Å²) in [5, 5.41) is 1.08. The van der Waals surface area contributed by atoms with E-state index in [4.69, 9.17) is 4.98 Å². The second-order valence-electron chi connectivity index (χ2n) is 7.37. The molecule has 1 fully saturated rings. The smallest absolute Gasteiger partial charge is 0.170 e. The summed E-state index contributed by atoms with van der Waals surface area (Å²) in [4.78, 5) is 21.0. The third-order valence-corrected chi connectivity index (χ3v) is 9.17. The monoisotopic (exact) mass is 383 g/mol. The van der Waals surface area contributed by atoms with Crippen molar-refractivity contribution in [1.29, 1.82) is 0 Å². The largest absolute Gasteiger partial charge is 0.298 e. The van der Waals surface area contributed by atoms with Gasteiger partial charge < -0.3 is 0 Å². The van der Waals surface area contributed by atoms with Crippen LogP contribution in [-0.2, 0) is 6.04 Å². The summed E-state index contributed by atoms with van der Waals surface area (Å²) < 4.78 is 1.18. The molecule has 1 aliphatic heterocycles. The number of hydrogen-bond donors (Lipinski definition) is 0. The zero-order valence-electron chi connectivity index (χ0n) is 15.9. The van der Waals surface area contributed by atoms with Crippen molar-refractivity contribution in [2.45, 2.75) is 45.8 Å². The maximum Gasteiger partial charge on any atom is 0.170 e. The summed E-state index contributed by atoms with van der Waals surface area (Å²) in [6.07, 6.45) is 1.24. The second kappa shape index (κ2) is 7.13. The van der Waals surface area contributed by atoms with E-state index in [0.29, 0.717) is 6.04 Å². The van der Waals surface area contributed by atoms with Gasteiger partial charge in [-0.05, 0) is 70.7 Å². The Morgan fingerprint density at radius 2 is 2.00 bits per heavy atom. The summed E-state index contributed by atoms with van der Waals surface area (Å²) in [5.74, 6) is 0.897. The number of hydrogen-bond acceptors (Lipinski definition) is 6. The zero-order valence-corrected chi connectivity index (χ0v) is 17.8. The lowest BCUT2D eigenvalue weighted by molar-refractivity contribution is 0.270. The van der Waals surface area contributed by atoms with Crippen LogP contribution >= 0.6 is 11.3 Å². The third kappa shape index (κ3) is 3.70. The number of nitrogens with zero attached hydrogens (tertiary/aromatic N) is 5. The van der Waals surface area contributed by atoms with Crippen molar-refractivity contribution in [3.8, 4) is 0 Å². The molecule has 0 spiro atoms. The Morgan fingerprint density at radius 1 is 1.15 bits per heavy atom. The molecule has 4 heterocycles. The van der Waals surface area contributed by atoms with Gasteiger partial charge in [-0.2, -0.15) is 0 Å². The molecule has 3 aromatic heterocycles. The van der Waals surface area contributed by atoms with E-state index in [1.807, 2.05) is 13.8 Å². The Bertz CT molecular complexity index is 921. The minimum Gasteiger partial charge on any atom is -0.298 e. The molecule has 136 valence electrons. The molecule has 0 aromatic carbocycles. The van der Waals surface area contributed by atoms with Gasteiger partial charge in [-0.3, -0.25) is 4.90 Å². The standard InChI is InChI=1S/C19H25N5SSi/c1-12-9-16(21-14(3)20-12)10-26-8-7-24(11-26)13(2)17-5-6-18-19(23-17)22-15(4)25-18/h5-6,9,13,26H,7-8,10-11H2,1-4H3/t13?,26-/m0/s1. The summed E-state index contributed by atoms with van der Waals surface area (Å²) in [5.41, 5.74) is 4.36. The van der Waals surface area contributed by atoms with Gasteiger partial charge in [0.15, 0.2) is 5.65 Å². The first-order valence-electron chi connectivity index (χ1n) is 9.27. The van der Waals surface area contributed by atoms with Gasteiger partial charge in [-0.25, -0.2) is 19.9 Å². The Kier molecular flexibility index (Phi) is 4.86. The number of aromatic nitrogens is 4. The maximum atomic E-state index is 4.83. The molecule has 0 N–H and O–H groups in total. The molecular formula is C19H25N5SSi. The van der Waals surface area contributed by atoms with Gasteiger partial charge in [0, 0.05) is 17.4 Å². The zero-order chi connectivity index (χ0) is 18.3. The average Bonchev–Trinajstić information content (AvgIpc) is 3.17. The molecule has 0 saturated carbocycles. The molecule has 1 aliphatic rings. The Balaban J connectivity index is 1.45. The van der Waals surface area contributed by atoms with E-state index in [9.17, 15) is 0 Å². The minimum absolute atomic E-state index is 0.354. The van der Waals surface area contributed by atoms with Gasteiger partial charge in [0.05, 0.1) is 24.2 Å². The third-order valence-electron chi connectivity index (χ3n) is 5.19. The predicted octanol–water partition coefficient (Wildman–Crippen LogP) is 3.33. The van der Waals surface area contributed by atoms with Crippen molar-refractivity contribution in [2.24, 2.45) is 0 Å². The number of rotatable bonds is 4.